The number of alkyl halides is 3. The van der Waals surface area contributed by atoms with Crippen LogP contribution >= 0.6 is 0 Å². The summed E-state index contributed by atoms with van der Waals surface area (Å²) in [4.78, 5) is 11.2. The second kappa shape index (κ2) is 6.40. The number of hydrogen-bond acceptors (Lipinski definition) is 1. The fraction of sp³-hybridized carbons (Fsp3) is 0.417. The molecule has 1 aromatic carbocycles. The number of halogens is 4. The topological polar surface area (TPSA) is 41.1 Å². The molecule has 0 saturated heterocycles. The summed E-state index contributed by atoms with van der Waals surface area (Å²) in [5.74, 6) is -0.986. The fourth-order valence-electron chi connectivity index (χ4n) is 1.40. The smallest absolute Gasteiger partial charge is 0.338 e. The zero-order valence-electron chi connectivity index (χ0n) is 10.3. The zero-order valence-corrected chi connectivity index (χ0v) is 10.3. The van der Waals surface area contributed by atoms with Crippen LogP contribution in [0, 0.1) is 5.82 Å². The van der Waals surface area contributed by atoms with Gasteiger partial charge in [-0.3, -0.25) is 0 Å². The van der Waals surface area contributed by atoms with Gasteiger partial charge in [-0.25, -0.2) is 9.18 Å². The monoisotopic (exact) mass is 278 g/mol. The normalized spacial score (nSPS) is 11.2. The Labute approximate surface area is 108 Å². The molecule has 106 valence electrons. The van der Waals surface area contributed by atoms with Crippen molar-refractivity contribution in [2.45, 2.75) is 26.1 Å². The van der Waals surface area contributed by atoms with Gasteiger partial charge in [0.15, 0.2) is 0 Å². The van der Waals surface area contributed by atoms with Gasteiger partial charge in [0.25, 0.3) is 0 Å². The van der Waals surface area contributed by atoms with E-state index in [1.54, 1.807) is 0 Å². The van der Waals surface area contributed by atoms with Gasteiger partial charge in [0, 0.05) is 13.1 Å². The van der Waals surface area contributed by atoms with Crippen molar-refractivity contribution < 1.29 is 22.4 Å². The lowest BCUT2D eigenvalue weighted by Gasteiger charge is -2.10. The Morgan fingerprint density at radius 3 is 2.47 bits per heavy atom. The number of nitrogens with one attached hydrogen (secondary N) is 2. The quantitative estimate of drug-likeness (QED) is 0.817. The highest BCUT2D eigenvalue weighted by atomic mass is 19.4. The van der Waals surface area contributed by atoms with E-state index in [0.29, 0.717) is 12.6 Å². The van der Waals surface area contributed by atoms with E-state index in [1.807, 2.05) is 6.92 Å². The Hall–Kier alpha value is -1.79. The van der Waals surface area contributed by atoms with E-state index in [4.69, 9.17) is 0 Å². The van der Waals surface area contributed by atoms with E-state index in [2.05, 4.69) is 10.6 Å². The molecule has 0 saturated carbocycles. The molecule has 0 aromatic heterocycles. The van der Waals surface area contributed by atoms with Crippen LogP contribution in [0.25, 0.3) is 0 Å². The number of carbonyl (C=O) groups excluding carboxylic acids is 1. The molecular weight excluding hydrogens is 264 g/mol. The maximum atomic E-state index is 13.1. The van der Waals surface area contributed by atoms with Crippen LogP contribution in [0.4, 0.5) is 22.4 Å². The van der Waals surface area contributed by atoms with Crippen molar-refractivity contribution in [2.24, 2.45) is 0 Å². The summed E-state index contributed by atoms with van der Waals surface area (Å²) in [6, 6.07) is 1.68. The molecule has 0 atom stereocenters. The molecular formula is C12H14F4N2O. The van der Waals surface area contributed by atoms with Gasteiger partial charge in [-0.05, 0) is 30.2 Å². The first-order valence-corrected chi connectivity index (χ1v) is 5.71. The number of rotatable bonds is 4. The molecule has 0 aliphatic heterocycles. The van der Waals surface area contributed by atoms with Crippen molar-refractivity contribution in [3.63, 3.8) is 0 Å². The van der Waals surface area contributed by atoms with Gasteiger partial charge < -0.3 is 10.6 Å². The molecule has 3 nitrogen and oxygen atoms in total. The van der Waals surface area contributed by atoms with Crippen LogP contribution < -0.4 is 10.6 Å². The molecule has 7 heteroatoms. The molecule has 0 spiro atoms. The van der Waals surface area contributed by atoms with E-state index in [9.17, 15) is 22.4 Å². The third kappa shape index (κ3) is 5.15. The van der Waals surface area contributed by atoms with Crippen LogP contribution in [-0.4, -0.2) is 12.6 Å². The highest BCUT2D eigenvalue weighted by Gasteiger charge is 2.31. The standard InChI is InChI=1S/C12H14F4N2O/c1-2-3-17-11(19)18-7-8-4-9(12(14,15)16)6-10(13)5-8/h4-6H,2-3,7H2,1H3,(H2,17,18,19). The Morgan fingerprint density at radius 2 is 1.89 bits per heavy atom. The summed E-state index contributed by atoms with van der Waals surface area (Å²) in [6.45, 7) is 2.15. The van der Waals surface area contributed by atoms with E-state index >= 15 is 0 Å². The third-order valence-electron chi connectivity index (χ3n) is 2.27. The fourth-order valence-corrected chi connectivity index (χ4v) is 1.40. The molecule has 2 amide bonds. The van der Waals surface area contributed by atoms with Gasteiger partial charge in [-0.1, -0.05) is 6.92 Å². The highest BCUT2D eigenvalue weighted by Crippen LogP contribution is 2.30. The largest absolute Gasteiger partial charge is 0.416 e. The van der Waals surface area contributed by atoms with E-state index in [0.717, 1.165) is 18.6 Å². The number of carbonyl (C=O) groups is 1. The minimum absolute atomic E-state index is 0.0546. The summed E-state index contributed by atoms with van der Waals surface area (Å²) in [5.41, 5.74) is -1.02. The van der Waals surface area contributed by atoms with E-state index < -0.39 is 23.6 Å². The van der Waals surface area contributed by atoms with Gasteiger partial charge in [-0.15, -0.1) is 0 Å². The third-order valence-corrected chi connectivity index (χ3v) is 2.27. The SMILES string of the molecule is CCCNC(=O)NCc1cc(F)cc(C(F)(F)F)c1. The lowest BCUT2D eigenvalue weighted by Crippen LogP contribution is -2.35. The van der Waals surface area contributed by atoms with E-state index in [1.165, 1.54) is 0 Å². The van der Waals surface area contributed by atoms with E-state index in [-0.39, 0.29) is 12.1 Å². The maximum absolute atomic E-state index is 13.1. The molecule has 0 aliphatic carbocycles. The lowest BCUT2D eigenvalue weighted by molar-refractivity contribution is -0.137. The molecule has 0 radical (unpaired) electrons. The van der Waals surface area contributed by atoms with Crippen molar-refractivity contribution in [1.82, 2.24) is 10.6 Å². The maximum Gasteiger partial charge on any atom is 0.416 e. The van der Waals surface area contributed by atoms with Gasteiger partial charge in [0.2, 0.25) is 0 Å². The summed E-state index contributed by atoms with van der Waals surface area (Å²) in [7, 11) is 0. The molecule has 0 unspecified atom stereocenters. The Morgan fingerprint density at radius 1 is 1.21 bits per heavy atom. The van der Waals surface area contributed by atoms with Gasteiger partial charge in [0.1, 0.15) is 5.82 Å². The van der Waals surface area contributed by atoms with Crippen LogP contribution in [-0.2, 0) is 12.7 Å². The second-order valence-electron chi connectivity index (χ2n) is 3.96. The molecule has 0 heterocycles. The summed E-state index contributed by atoms with van der Waals surface area (Å²) < 4.78 is 50.4. The Balaban J connectivity index is 2.69. The predicted molar refractivity (Wildman–Crippen MR) is 61.9 cm³/mol. The summed E-state index contributed by atoms with van der Waals surface area (Å²) in [5, 5.41) is 4.85. The number of urea groups is 1. The molecule has 2 N–H and O–H groups in total. The van der Waals surface area contributed by atoms with Crippen molar-refractivity contribution in [3.05, 3.63) is 35.1 Å². The van der Waals surface area contributed by atoms with Crippen LogP contribution in [0.2, 0.25) is 0 Å². The first kappa shape index (κ1) is 15.3. The zero-order chi connectivity index (χ0) is 14.5. The van der Waals surface area contributed by atoms with Gasteiger partial charge in [0.05, 0.1) is 5.56 Å². The van der Waals surface area contributed by atoms with Crippen LogP contribution in [0.1, 0.15) is 24.5 Å². The Bertz CT molecular complexity index is 446. The molecule has 1 aromatic rings. The average molecular weight is 278 g/mol. The Kier molecular flexibility index (Phi) is 5.14. The van der Waals surface area contributed by atoms with Crippen molar-refractivity contribution in [1.29, 1.82) is 0 Å². The lowest BCUT2D eigenvalue weighted by atomic mass is 10.1. The second-order valence-corrected chi connectivity index (χ2v) is 3.96. The van der Waals surface area contributed by atoms with Gasteiger partial charge in [-0.2, -0.15) is 13.2 Å². The summed E-state index contributed by atoms with van der Waals surface area (Å²) >= 11 is 0. The predicted octanol–water partition coefficient (Wildman–Crippen LogP) is 3.05. The minimum Gasteiger partial charge on any atom is -0.338 e. The van der Waals surface area contributed by atoms with Gasteiger partial charge >= 0.3 is 12.2 Å². The number of amides is 2. The van der Waals surface area contributed by atoms with Crippen LogP contribution in [0.15, 0.2) is 18.2 Å². The molecule has 19 heavy (non-hydrogen) atoms. The first-order valence-electron chi connectivity index (χ1n) is 5.71. The minimum atomic E-state index is -4.61. The molecule has 0 aliphatic rings. The van der Waals surface area contributed by atoms with Crippen LogP contribution in [0.5, 0.6) is 0 Å². The number of hydrogen-bond donors (Lipinski definition) is 2. The highest BCUT2D eigenvalue weighted by molar-refractivity contribution is 5.73. The van der Waals surface area contributed by atoms with Crippen LogP contribution in [0.3, 0.4) is 0 Å². The average Bonchev–Trinajstić information content (AvgIpc) is 2.32. The molecule has 0 fully saturated rings. The molecule has 0 bridgehead atoms. The summed E-state index contributed by atoms with van der Waals surface area (Å²) in [6.07, 6.45) is -3.87. The number of benzene rings is 1. The van der Waals surface area contributed by atoms with Crippen molar-refractivity contribution in [3.8, 4) is 0 Å². The van der Waals surface area contributed by atoms with Crippen molar-refractivity contribution in [2.75, 3.05) is 6.54 Å². The first-order chi connectivity index (χ1) is 8.82. The molecule has 1 rings (SSSR count). The van der Waals surface area contributed by atoms with Crippen molar-refractivity contribution >= 4 is 6.03 Å².